The minimum atomic E-state index is 0. The molecule has 1 aliphatic rings. The second kappa shape index (κ2) is 5.23. The SMILES string of the molecule is CCCCB1OC(C(C)(C)C)O1.Cl. The number of unbranched alkanes of at least 4 members (excludes halogenated alkanes) is 1. The van der Waals surface area contributed by atoms with Crippen molar-refractivity contribution >= 4 is 19.5 Å². The van der Waals surface area contributed by atoms with Gasteiger partial charge in [0.1, 0.15) is 6.29 Å². The van der Waals surface area contributed by atoms with Crippen molar-refractivity contribution < 1.29 is 9.31 Å². The van der Waals surface area contributed by atoms with E-state index in [1.807, 2.05) is 0 Å². The molecule has 0 aromatic carbocycles. The van der Waals surface area contributed by atoms with Crippen molar-refractivity contribution in [1.29, 1.82) is 0 Å². The summed E-state index contributed by atoms with van der Waals surface area (Å²) in [5.41, 5.74) is 0.128. The van der Waals surface area contributed by atoms with Gasteiger partial charge < -0.3 is 9.31 Å². The topological polar surface area (TPSA) is 18.5 Å². The second-order valence-corrected chi connectivity index (χ2v) is 4.54. The molecule has 0 aromatic heterocycles. The van der Waals surface area contributed by atoms with Crippen molar-refractivity contribution in [2.24, 2.45) is 5.41 Å². The molecule has 0 radical (unpaired) electrons. The molecule has 0 atom stereocenters. The fourth-order valence-corrected chi connectivity index (χ4v) is 1.20. The molecule has 0 aliphatic carbocycles. The van der Waals surface area contributed by atoms with Gasteiger partial charge in [0.05, 0.1) is 0 Å². The van der Waals surface area contributed by atoms with Gasteiger partial charge in [-0.15, -0.1) is 12.4 Å². The summed E-state index contributed by atoms with van der Waals surface area (Å²) in [6.45, 7) is 8.58. The maximum absolute atomic E-state index is 5.58. The Morgan fingerprint density at radius 1 is 1.23 bits per heavy atom. The lowest BCUT2D eigenvalue weighted by Gasteiger charge is -2.42. The largest absolute Gasteiger partial charge is 0.460 e. The van der Waals surface area contributed by atoms with E-state index in [-0.39, 0.29) is 31.2 Å². The van der Waals surface area contributed by atoms with Gasteiger partial charge in [0, 0.05) is 5.41 Å². The predicted molar refractivity (Wildman–Crippen MR) is 58.1 cm³/mol. The first kappa shape index (κ1) is 13.3. The molecule has 0 amide bonds. The summed E-state index contributed by atoms with van der Waals surface area (Å²) in [4.78, 5) is 0. The summed E-state index contributed by atoms with van der Waals surface area (Å²) in [6.07, 6.45) is 3.47. The summed E-state index contributed by atoms with van der Waals surface area (Å²) in [5, 5.41) is 0. The van der Waals surface area contributed by atoms with Crippen LogP contribution in [0.4, 0.5) is 0 Å². The van der Waals surface area contributed by atoms with Gasteiger partial charge in [0.15, 0.2) is 0 Å². The van der Waals surface area contributed by atoms with Crippen LogP contribution in [-0.2, 0) is 9.31 Å². The molecule has 1 saturated heterocycles. The van der Waals surface area contributed by atoms with E-state index in [1.165, 1.54) is 12.8 Å². The van der Waals surface area contributed by atoms with Crippen molar-refractivity contribution in [2.75, 3.05) is 0 Å². The normalized spacial score (nSPS) is 18.0. The van der Waals surface area contributed by atoms with Gasteiger partial charge in [-0.1, -0.05) is 40.5 Å². The molecule has 1 aliphatic heterocycles. The van der Waals surface area contributed by atoms with Crippen LogP contribution in [0, 0.1) is 5.41 Å². The van der Waals surface area contributed by atoms with Crippen LogP contribution in [0.1, 0.15) is 40.5 Å². The fraction of sp³-hybridized carbons (Fsp3) is 1.00. The van der Waals surface area contributed by atoms with Gasteiger partial charge in [0.25, 0.3) is 0 Å². The van der Waals surface area contributed by atoms with Crippen molar-refractivity contribution in [2.45, 2.75) is 53.1 Å². The highest BCUT2D eigenvalue weighted by Crippen LogP contribution is 2.32. The van der Waals surface area contributed by atoms with Gasteiger partial charge in [-0.25, -0.2) is 0 Å². The van der Waals surface area contributed by atoms with Crippen LogP contribution in [0.25, 0.3) is 0 Å². The van der Waals surface area contributed by atoms with Crippen molar-refractivity contribution in [3.8, 4) is 0 Å². The molecule has 13 heavy (non-hydrogen) atoms. The summed E-state index contributed by atoms with van der Waals surface area (Å²) < 4.78 is 11.2. The summed E-state index contributed by atoms with van der Waals surface area (Å²) in [7, 11) is 0.0779. The Morgan fingerprint density at radius 3 is 2.15 bits per heavy atom. The minimum Gasteiger partial charge on any atom is -0.386 e. The molecule has 2 nitrogen and oxygen atoms in total. The number of hydrogen-bond acceptors (Lipinski definition) is 2. The van der Waals surface area contributed by atoms with Crippen LogP contribution in [0.5, 0.6) is 0 Å². The average molecular weight is 207 g/mol. The third-order valence-electron chi connectivity index (χ3n) is 2.05. The van der Waals surface area contributed by atoms with Gasteiger partial charge in [0.2, 0.25) is 0 Å². The van der Waals surface area contributed by atoms with E-state index in [9.17, 15) is 0 Å². The standard InChI is InChI=1S/C9H19BO2.ClH/c1-5-6-7-10-11-8(12-10)9(2,3)4;/h8H,5-7H2,1-4H3;1H. The molecule has 0 N–H and O–H groups in total. The minimum absolute atomic E-state index is 0. The first-order valence-corrected chi connectivity index (χ1v) is 4.85. The quantitative estimate of drug-likeness (QED) is 0.661. The highest BCUT2D eigenvalue weighted by atomic mass is 35.5. The highest BCUT2D eigenvalue weighted by Gasteiger charge is 2.42. The zero-order chi connectivity index (χ0) is 9.19. The van der Waals surface area contributed by atoms with Gasteiger partial charge in [-0.05, 0) is 6.32 Å². The van der Waals surface area contributed by atoms with Crippen molar-refractivity contribution in [1.82, 2.24) is 0 Å². The van der Waals surface area contributed by atoms with E-state index in [2.05, 4.69) is 27.7 Å². The molecule has 0 bridgehead atoms. The van der Waals surface area contributed by atoms with E-state index in [4.69, 9.17) is 9.31 Å². The first-order chi connectivity index (χ1) is 5.54. The lowest BCUT2D eigenvalue weighted by atomic mass is 9.76. The number of rotatable bonds is 3. The van der Waals surface area contributed by atoms with Crippen molar-refractivity contribution in [3.63, 3.8) is 0 Å². The lowest BCUT2D eigenvalue weighted by molar-refractivity contribution is -0.173. The summed E-state index contributed by atoms with van der Waals surface area (Å²) >= 11 is 0. The molecule has 0 saturated carbocycles. The molecule has 1 heterocycles. The zero-order valence-corrected chi connectivity index (χ0v) is 9.82. The van der Waals surface area contributed by atoms with Crippen molar-refractivity contribution in [3.05, 3.63) is 0 Å². The maximum atomic E-state index is 5.58. The average Bonchev–Trinajstić information content (AvgIpc) is 1.81. The van der Waals surface area contributed by atoms with Crippen LogP contribution in [0.3, 0.4) is 0 Å². The summed E-state index contributed by atoms with van der Waals surface area (Å²) in [5.74, 6) is 0. The first-order valence-electron chi connectivity index (χ1n) is 4.85. The van der Waals surface area contributed by atoms with Crippen LogP contribution in [0.15, 0.2) is 0 Å². The molecular weight excluding hydrogens is 186 g/mol. The van der Waals surface area contributed by atoms with E-state index in [0.29, 0.717) is 0 Å². The number of halogens is 1. The van der Waals surface area contributed by atoms with Crippen LogP contribution < -0.4 is 0 Å². The van der Waals surface area contributed by atoms with Crippen LogP contribution >= 0.6 is 12.4 Å². The summed E-state index contributed by atoms with van der Waals surface area (Å²) in [6, 6.07) is 0. The van der Waals surface area contributed by atoms with E-state index < -0.39 is 0 Å². The third-order valence-corrected chi connectivity index (χ3v) is 2.05. The zero-order valence-electron chi connectivity index (χ0n) is 9.00. The van der Waals surface area contributed by atoms with E-state index in [1.54, 1.807) is 0 Å². The maximum Gasteiger partial charge on any atom is 0.460 e. The third kappa shape index (κ3) is 3.88. The Balaban J connectivity index is 0.00000144. The van der Waals surface area contributed by atoms with Gasteiger partial charge in [-0.2, -0.15) is 0 Å². The Hall–Kier alpha value is 0.275. The monoisotopic (exact) mass is 206 g/mol. The molecule has 78 valence electrons. The molecule has 0 spiro atoms. The molecule has 0 aromatic rings. The number of hydrogen-bond donors (Lipinski definition) is 0. The Labute approximate surface area is 87.9 Å². The highest BCUT2D eigenvalue weighted by molar-refractivity contribution is 6.46. The van der Waals surface area contributed by atoms with E-state index >= 15 is 0 Å². The van der Waals surface area contributed by atoms with Gasteiger partial charge >= 0.3 is 7.12 Å². The molecule has 1 fully saturated rings. The lowest BCUT2D eigenvalue weighted by Crippen LogP contribution is -2.51. The Morgan fingerprint density at radius 2 is 1.77 bits per heavy atom. The molecule has 0 unspecified atom stereocenters. The van der Waals surface area contributed by atoms with Crippen LogP contribution in [-0.4, -0.2) is 13.4 Å². The smallest absolute Gasteiger partial charge is 0.386 e. The van der Waals surface area contributed by atoms with Gasteiger partial charge in [-0.3, -0.25) is 0 Å². The molecule has 1 rings (SSSR count). The second-order valence-electron chi connectivity index (χ2n) is 4.54. The van der Waals surface area contributed by atoms with Crippen LogP contribution in [0.2, 0.25) is 6.32 Å². The fourth-order valence-electron chi connectivity index (χ4n) is 1.20. The molecular formula is C9H20BClO2. The Bertz CT molecular complexity index is 141. The predicted octanol–water partition coefficient (Wildman–Crippen LogP) is 3.12. The molecule has 4 heteroatoms. The van der Waals surface area contributed by atoms with E-state index in [0.717, 1.165) is 6.32 Å². The Kier molecular flexibility index (Phi) is 5.34.